The monoisotopic (exact) mass is 762 g/mol. The van der Waals surface area contributed by atoms with E-state index in [1.807, 2.05) is 18.2 Å². The number of benzene rings is 2. The zero-order valence-corrected chi connectivity index (χ0v) is 31.7. The van der Waals surface area contributed by atoms with E-state index in [0.717, 1.165) is 118 Å². The summed E-state index contributed by atoms with van der Waals surface area (Å²) in [6.07, 6.45) is 10.7. The number of halogens is 1. The van der Waals surface area contributed by atoms with E-state index >= 15 is 4.39 Å². The summed E-state index contributed by atoms with van der Waals surface area (Å²) < 4.78 is 28.6. The van der Waals surface area contributed by atoms with Crippen molar-refractivity contribution in [2.75, 3.05) is 42.6 Å². The van der Waals surface area contributed by atoms with Gasteiger partial charge in [-0.05, 0) is 101 Å². The lowest BCUT2D eigenvalue weighted by Gasteiger charge is -2.54. The van der Waals surface area contributed by atoms with Crippen LogP contribution >= 0.6 is 0 Å². The molecule has 0 bridgehead atoms. The Morgan fingerprint density at radius 2 is 1.73 bits per heavy atom. The van der Waals surface area contributed by atoms with Gasteiger partial charge in [-0.3, -0.25) is 24.8 Å². The molecule has 13 nitrogen and oxygen atoms in total. The van der Waals surface area contributed by atoms with Crippen LogP contribution in [0, 0.1) is 17.2 Å². The molecule has 0 radical (unpaired) electrons. The summed E-state index contributed by atoms with van der Waals surface area (Å²) in [7, 11) is 0. The van der Waals surface area contributed by atoms with E-state index in [0.29, 0.717) is 22.7 Å². The molecule has 10 rings (SSSR count). The molecule has 2 N–H and O–H groups in total. The van der Waals surface area contributed by atoms with Gasteiger partial charge in [0.05, 0.1) is 29.5 Å². The molecule has 4 aromatic rings. The zero-order valence-electron chi connectivity index (χ0n) is 31.7. The molecule has 14 heteroatoms. The van der Waals surface area contributed by atoms with Gasteiger partial charge < -0.3 is 24.2 Å². The van der Waals surface area contributed by atoms with Crippen LogP contribution in [0.4, 0.5) is 15.9 Å². The largest absolute Gasteiger partial charge is 0.488 e. The Morgan fingerprint density at radius 1 is 0.929 bits per heavy atom. The number of carbonyl (C=O) groups is 3. The standard InChI is InChI=1S/C42H47FN8O5/c1-41(14-15-41)56-27-2-4-31-29(18-27)38(48-47-31)32-19-35(45-24-44-32)49-16-10-25(11-17-49)21-55-26-8-12-42(13-9-26)22-50(23-42)33-5-3-28-30(37(33)43)20-51(40(28)54)34-6-7-36(52)46-39(34)53/h2-5,18-19,24-26,34H,6-17,20-23H2,1H3,(H,47,48)(H,46,52,53). The van der Waals surface area contributed by atoms with Crippen molar-refractivity contribution in [3.8, 4) is 17.1 Å². The summed E-state index contributed by atoms with van der Waals surface area (Å²) >= 11 is 0. The normalized spacial score (nSPS) is 23.4. The number of aromatic amines is 1. The first-order valence-corrected chi connectivity index (χ1v) is 20.2. The number of nitrogens with zero attached hydrogens (tertiary/aromatic N) is 6. The summed E-state index contributed by atoms with van der Waals surface area (Å²) in [6.45, 7) is 6.35. The van der Waals surface area contributed by atoms with Gasteiger partial charge in [0.25, 0.3) is 5.91 Å². The SMILES string of the molecule is CC1(Oc2ccc3[nH]nc(-c4cc(N5CCC(COC6CCC7(CC6)CN(c6ccc8c(c6F)CN(C6CCC(=O)NC6=O)C8=O)C7)CC5)ncn4)c3c2)CC1. The molecular formula is C42H47FN8O5. The molecule has 6 heterocycles. The molecule has 292 valence electrons. The number of imide groups is 1. The number of amides is 3. The van der Waals surface area contributed by atoms with Crippen molar-refractivity contribution in [3.63, 3.8) is 0 Å². The fourth-order valence-electron chi connectivity index (χ4n) is 9.52. The molecule has 3 saturated heterocycles. The lowest BCUT2D eigenvalue weighted by molar-refractivity contribution is -0.136. The van der Waals surface area contributed by atoms with E-state index in [2.05, 4.69) is 48.3 Å². The van der Waals surface area contributed by atoms with E-state index in [1.54, 1.807) is 18.5 Å². The van der Waals surface area contributed by atoms with E-state index in [4.69, 9.17) is 9.47 Å². The number of hydrogen-bond donors (Lipinski definition) is 2. The maximum Gasteiger partial charge on any atom is 0.255 e. The fourth-order valence-corrected chi connectivity index (χ4v) is 9.52. The number of anilines is 2. The van der Waals surface area contributed by atoms with Crippen LogP contribution < -0.4 is 19.9 Å². The maximum atomic E-state index is 15.9. The van der Waals surface area contributed by atoms with Crippen LogP contribution in [-0.2, 0) is 20.9 Å². The first-order chi connectivity index (χ1) is 27.1. The number of ether oxygens (including phenoxy) is 2. The molecule has 1 spiro atoms. The van der Waals surface area contributed by atoms with Gasteiger partial charge in [0.1, 0.15) is 35.2 Å². The van der Waals surface area contributed by atoms with Gasteiger partial charge in [-0.15, -0.1) is 0 Å². The van der Waals surface area contributed by atoms with Gasteiger partial charge in [-0.25, -0.2) is 14.4 Å². The summed E-state index contributed by atoms with van der Waals surface area (Å²) in [5.74, 6) is 0.709. The van der Waals surface area contributed by atoms with Crippen molar-refractivity contribution in [2.24, 2.45) is 11.3 Å². The Morgan fingerprint density at radius 3 is 2.50 bits per heavy atom. The van der Waals surface area contributed by atoms with Crippen molar-refractivity contribution in [3.05, 3.63) is 59.7 Å². The van der Waals surface area contributed by atoms with Crippen LogP contribution in [0.3, 0.4) is 0 Å². The van der Waals surface area contributed by atoms with Crippen LogP contribution in [0.5, 0.6) is 5.75 Å². The van der Waals surface area contributed by atoms with Gasteiger partial charge in [-0.1, -0.05) is 0 Å². The highest BCUT2D eigenvalue weighted by atomic mass is 19.1. The molecule has 5 fully saturated rings. The molecule has 4 aliphatic heterocycles. The Balaban J connectivity index is 0.690. The van der Waals surface area contributed by atoms with E-state index in [9.17, 15) is 14.4 Å². The smallest absolute Gasteiger partial charge is 0.255 e. The van der Waals surface area contributed by atoms with Gasteiger partial charge in [0, 0.05) is 67.2 Å². The minimum absolute atomic E-state index is 0.0407. The van der Waals surface area contributed by atoms with Crippen LogP contribution in [0.1, 0.15) is 87.1 Å². The highest BCUT2D eigenvalue weighted by molar-refractivity contribution is 6.05. The van der Waals surface area contributed by atoms with E-state index in [1.165, 1.54) is 4.90 Å². The van der Waals surface area contributed by atoms with Crippen molar-refractivity contribution in [1.29, 1.82) is 0 Å². The predicted octanol–water partition coefficient (Wildman–Crippen LogP) is 5.53. The van der Waals surface area contributed by atoms with Crippen molar-refractivity contribution >= 4 is 40.1 Å². The number of hydrogen-bond acceptors (Lipinski definition) is 10. The van der Waals surface area contributed by atoms with Gasteiger partial charge in [0.2, 0.25) is 11.8 Å². The minimum atomic E-state index is -0.758. The Labute approximate surface area is 324 Å². The second kappa shape index (κ2) is 13.5. The van der Waals surface area contributed by atoms with Crippen molar-refractivity contribution in [1.82, 2.24) is 30.4 Å². The van der Waals surface area contributed by atoms with Gasteiger partial charge >= 0.3 is 0 Å². The van der Waals surface area contributed by atoms with E-state index in [-0.39, 0.29) is 54.1 Å². The summed E-state index contributed by atoms with van der Waals surface area (Å²) in [6, 6.07) is 10.7. The number of nitrogens with one attached hydrogen (secondary N) is 2. The van der Waals surface area contributed by atoms with Crippen LogP contribution in [0.15, 0.2) is 42.7 Å². The third kappa shape index (κ3) is 6.45. The Hall–Kier alpha value is -5.11. The number of carbonyl (C=O) groups excluding carboxylic acids is 3. The molecular weight excluding hydrogens is 716 g/mol. The third-order valence-electron chi connectivity index (χ3n) is 13.3. The molecule has 2 saturated carbocycles. The average molecular weight is 763 g/mol. The number of piperidine rings is 2. The second-order valence-corrected chi connectivity index (χ2v) is 17.2. The van der Waals surface area contributed by atoms with E-state index < -0.39 is 11.9 Å². The molecule has 6 aliphatic rings. The number of fused-ring (bicyclic) bond motifs is 2. The van der Waals surface area contributed by atoms with Crippen molar-refractivity contribution < 1.29 is 28.2 Å². The predicted molar refractivity (Wildman–Crippen MR) is 206 cm³/mol. The second-order valence-electron chi connectivity index (χ2n) is 17.2. The molecule has 1 unspecified atom stereocenters. The van der Waals surface area contributed by atoms with Crippen LogP contribution in [0.2, 0.25) is 0 Å². The molecule has 2 aliphatic carbocycles. The lowest BCUT2D eigenvalue weighted by atomic mass is 9.67. The quantitative estimate of drug-likeness (QED) is 0.209. The molecule has 1 atom stereocenters. The highest BCUT2D eigenvalue weighted by Crippen LogP contribution is 2.48. The maximum absolute atomic E-state index is 15.9. The molecule has 3 amide bonds. The van der Waals surface area contributed by atoms with Gasteiger partial charge in [-0.2, -0.15) is 5.10 Å². The first-order valence-electron chi connectivity index (χ1n) is 20.2. The zero-order chi connectivity index (χ0) is 38.2. The van der Waals surface area contributed by atoms with Crippen LogP contribution in [-0.4, -0.2) is 93.3 Å². The molecule has 2 aromatic carbocycles. The van der Waals surface area contributed by atoms with Crippen LogP contribution in [0.25, 0.3) is 22.3 Å². The van der Waals surface area contributed by atoms with Crippen molar-refractivity contribution in [2.45, 2.75) is 95.4 Å². The third-order valence-corrected chi connectivity index (χ3v) is 13.3. The summed E-state index contributed by atoms with van der Waals surface area (Å²) in [4.78, 5) is 52.2. The first kappa shape index (κ1) is 35.3. The Bertz CT molecular complexity index is 2220. The number of rotatable bonds is 9. The summed E-state index contributed by atoms with van der Waals surface area (Å²) in [5.41, 5.74) is 3.82. The average Bonchev–Trinajstić information content (AvgIpc) is 3.61. The number of H-pyrrole nitrogens is 1. The Kier molecular flexibility index (Phi) is 8.53. The fraction of sp³-hybridized carbons (Fsp3) is 0.524. The molecule has 56 heavy (non-hydrogen) atoms. The topological polar surface area (TPSA) is 146 Å². The summed E-state index contributed by atoms with van der Waals surface area (Å²) in [5, 5.41) is 11.0. The van der Waals surface area contributed by atoms with Gasteiger partial charge in [0.15, 0.2) is 5.82 Å². The highest BCUT2D eigenvalue weighted by Gasteiger charge is 2.47. The number of aromatic nitrogens is 4. The molecule has 2 aromatic heterocycles. The lowest BCUT2D eigenvalue weighted by Crippen LogP contribution is -2.58. The minimum Gasteiger partial charge on any atom is -0.488 e.